The zero-order valence-electron chi connectivity index (χ0n) is 19.3. The maximum Gasteiger partial charge on any atom is 0.324 e. The van der Waals surface area contributed by atoms with Gasteiger partial charge in [-0.1, -0.05) is 47.7 Å². The Hall–Kier alpha value is -4.51. The third-order valence-electron chi connectivity index (χ3n) is 5.05. The molecule has 0 spiro atoms. The van der Waals surface area contributed by atoms with Crippen molar-refractivity contribution in [3.8, 4) is 0 Å². The Kier molecular flexibility index (Phi) is 9.29. The number of benzene rings is 2. The lowest BCUT2D eigenvalue weighted by molar-refractivity contribution is -0.380. The first-order valence-corrected chi connectivity index (χ1v) is 11.9. The van der Waals surface area contributed by atoms with E-state index in [9.17, 15) is 19.7 Å². The first-order chi connectivity index (χ1) is 17.3. The standard InChI is InChI=1S/C25H26N6O4S/c26-25(27)28-16-4-7-21(30-23(32)18-5-2-1-3-6-18)24(33)29-19-11-8-17(9-12-19)10-13-20-14-15-22(36-20)31(34)35/h1-3,5-6,8-15,21H,4,7,16H2,(H,29,33)(H,30,32)(H4,26,27,28)/b13-10+/t21-/m0/s1. The van der Waals surface area contributed by atoms with Crippen LogP contribution in [0, 0.1) is 15.5 Å². The van der Waals surface area contributed by atoms with Gasteiger partial charge >= 0.3 is 5.00 Å². The number of rotatable bonds is 11. The van der Waals surface area contributed by atoms with Crippen LogP contribution in [0.25, 0.3) is 12.2 Å². The third kappa shape index (κ3) is 8.06. The Morgan fingerprint density at radius 3 is 2.42 bits per heavy atom. The van der Waals surface area contributed by atoms with Gasteiger partial charge in [-0.3, -0.25) is 25.1 Å². The monoisotopic (exact) mass is 506 g/mol. The second-order valence-electron chi connectivity index (χ2n) is 7.75. The molecule has 1 atom stereocenters. The number of hydrogen-bond donors (Lipinski definition) is 5. The molecule has 186 valence electrons. The molecule has 0 unspecified atom stereocenters. The normalized spacial score (nSPS) is 11.6. The molecule has 0 radical (unpaired) electrons. The number of guanidine groups is 1. The van der Waals surface area contributed by atoms with Gasteiger partial charge in [0.25, 0.3) is 5.91 Å². The number of hydrogen-bond acceptors (Lipinski definition) is 6. The number of nitrogens with two attached hydrogens (primary N) is 1. The summed E-state index contributed by atoms with van der Waals surface area (Å²) in [7, 11) is 0. The predicted octanol–water partition coefficient (Wildman–Crippen LogP) is 3.83. The van der Waals surface area contributed by atoms with Gasteiger partial charge in [0.2, 0.25) is 5.91 Å². The largest absolute Gasteiger partial charge is 0.370 e. The molecule has 36 heavy (non-hydrogen) atoms. The van der Waals surface area contributed by atoms with Crippen LogP contribution in [0.15, 0.2) is 66.7 Å². The highest BCUT2D eigenvalue weighted by atomic mass is 32.1. The highest BCUT2D eigenvalue weighted by Crippen LogP contribution is 2.25. The molecule has 0 saturated carbocycles. The van der Waals surface area contributed by atoms with E-state index in [1.165, 1.54) is 6.07 Å². The summed E-state index contributed by atoms with van der Waals surface area (Å²) >= 11 is 1.09. The molecule has 0 aliphatic heterocycles. The number of carbonyl (C=O) groups is 2. The van der Waals surface area contributed by atoms with Crippen LogP contribution in [0.4, 0.5) is 10.7 Å². The summed E-state index contributed by atoms with van der Waals surface area (Å²) in [5, 5.41) is 26.4. The van der Waals surface area contributed by atoms with Gasteiger partial charge in [0.05, 0.1) is 4.92 Å². The van der Waals surface area contributed by atoms with Gasteiger partial charge in [0, 0.05) is 28.7 Å². The highest BCUT2D eigenvalue weighted by Gasteiger charge is 2.21. The number of amides is 2. The lowest BCUT2D eigenvalue weighted by Gasteiger charge is -2.19. The number of carbonyl (C=O) groups excluding carboxylic acids is 2. The molecule has 1 aromatic heterocycles. The zero-order chi connectivity index (χ0) is 25.9. The predicted molar refractivity (Wildman–Crippen MR) is 142 cm³/mol. The minimum Gasteiger partial charge on any atom is -0.370 e. The van der Waals surface area contributed by atoms with Gasteiger partial charge in [0.15, 0.2) is 5.96 Å². The Balaban J connectivity index is 1.62. The van der Waals surface area contributed by atoms with Gasteiger partial charge in [-0.15, -0.1) is 0 Å². The molecule has 0 saturated heterocycles. The second-order valence-corrected chi connectivity index (χ2v) is 8.85. The molecule has 3 aromatic rings. The summed E-state index contributed by atoms with van der Waals surface area (Å²) in [6, 6.07) is 18.1. The summed E-state index contributed by atoms with van der Waals surface area (Å²) < 4.78 is 0. The van der Waals surface area contributed by atoms with Crippen molar-refractivity contribution in [2.75, 3.05) is 11.9 Å². The van der Waals surface area contributed by atoms with Crippen LogP contribution >= 0.6 is 11.3 Å². The van der Waals surface area contributed by atoms with E-state index in [-0.39, 0.29) is 22.8 Å². The number of nitro groups is 1. The maximum atomic E-state index is 13.0. The van der Waals surface area contributed by atoms with Gasteiger partial charge in [-0.25, -0.2) is 0 Å². The molecule has 11 heteroatoms. The lowest BCUT2D eigenvalue weighted by atomic mass is 10.1. The maximum absolute atomic E-state index is 13.0. The number of anilines is 1. The van der Waals surface area contributed by atoms with Crippen molar-refractivity contribution in [2.45, 2.75) is 18.9 Å². The molecule has 0 bridgehead atoms. The average molecular weight is 507 g/mol. The van der Waals surface area contributed by atoms with Crippen LogP contribution < -0.4 is 21.7 Å². The van der Waals surface area contributed by atoms with E-state index >= 15 is 0 Å². The first kappa shape index (κ1) is 26.1. The van der Waals surface area contributed by atoms with Crippen LogP contribution in [-0.4, -0.2) is 35.3 Å². The van der Waals surface area contributed by atoms with E-state index in [1.54, 1.807) is 54.6 Å². The summed E-state index contributed by atoms with van der Waals surface area (Å²) in [5.74, 6) is -0.878. The topological polar surface area (TPSA) is 163 Å². The SMILES string of the molecule is N=C(N)NCCC[C@H](NC(=O)c1ccccc1)C(=O)Nc1ccc(/C=C/c2ccc([N+](=O)[O-])s2)cc1. The summed E-state index contributed by atoms with van der Waals surface area (Å²) in [6.45, 7) is 0.398. The van der Waals surface area contributed by atoms with Crippen molar-refractivity contribution >= 4 is 52.0 Å². The number of nitrogens with zero attached hydrogens (tertiary/aromatic N) is 1. The molecule has 3 rings (SSSR count). The van der Waals surface area contributed by atoms with Crippen molar-refractivity contribution in [1.29, 1.82) is 5.41 Å². The van der Waals surface area contributed by atoms with Gasteiger partial charge in [0.1, 0.15) is 6.04 Å². The van der Waals surface area contributed by atoms with Crippen molar-refractivity contribution < 1.29 is 14.5 Å². The van der Waals surface area contributed by atoms with Crippen molar-refractivity contribution in [3.63, 3.8) is 0 Å². The highest BCUT2D eigenvalue weighted by molar-refractivity contribution is 7.16. The van der Waals surface area contributed by atoms with E-state index < -0.39 is 11.0 Å². The van der Waals surface area contributed by atoms with Crippen molar-refractivity contribution in [2.24, 2.45) is 5.73 Å². The van der Waals surface area contributed by atoms with E-state index in [0.29, 0.717) is 30.6 Å². The minimum atomic E-state index is -0.791. The number of nitrogens with one attached hydrogen (secondary N) is 4. The molecule has 0 aliphatic carbocycles. The van der Waals surface area contributed by atoms with Gasteiger partial charge < -0.3 is 21.7 Å². The van der Waals surface area contributed by atoms with Crippen LogP contribution in [0.2, 0.25) is 0 Å². The Morgan fingerprint density at radius 2 is 1.78 bits per heavy atom. The molecular weight excluding hydrogens is 480 g/mol. The smallest absolute Gasteiger partial charge is 0.324 e. The quantitative estimate of drug-likeness (QED) is 0.0872. The van der Waals surface area contributed by atoms with E-state index in [0.717, 1.165) is 21.8 Å². The Labute approximate surface area is 211 Å². The van der Waals surface area contributed by atoms with Crippen LogP contribution in [0.3, 0.4) is 0 Å². The van der Waals surface area contributed by atoms with Crippen LogP contribution in [0.1, 0.15) is 33.6 Å². The van der Waals surface area contributed by atoms with Crippen LogP contribution in [-0.2, 0) is 4.79 Å². The molecule has 6 N–H and O–H groups in total. The molecule has 2 aromatic carbocycles. The molecule has 2 amide bonds. The molecule has 10 nitrogen and oxygen atoms in total. The van der Waals surface area contributed by atoms with Crippen molar-refractivity contribution in [1.82, 2.24) is 10.6 Å². The van der Waals surface area contributed by atoms with E-state index in [4.69, 9.17) is 11.1 Å². The molecular formula is C25H26N6O4S. The minimum absolute atomic E-state index is 0.0821. The fourth-order valence-electron chi connectivity index (χ4n) is 3.24. The summed E-state index contributed by atoms with van der Waals surface area (Å²) in [6.07, 6.45) is 4.47. The Bertz CT molecular complexity index is 1240. The molecule has 1 heterocycles. The first-order valence-electron chi connectivity index (χ1n) is 11.1. The summed E-state index contributed by atoms with van der Waals surface area (Å²) in [5.41, 5.74) is 7.16. The summed E-state index contributed by atoms with van der Waals surface area (Å²) in [4.78, 5) is 36.7. The lowest BCUT2D eigenvalue weighted by Crippen LogP contribution is -2.44. The van der Waals surface area contributed by atoms with E-state index in [2.05, 4.69) is 16.0 Å². The fourth-order valence-corrected chi connectivity index (χ4v) is 3.97. The Morgan fingerprint density at radius 1 is 1.06 bits per heavy atom. The van der Waals surface area contributed by atoms with Gasteiger partial charge in [-0.05, 0) is 54.8 Å². The van der Waals surface area contributed by atoms with Crippen molar-refractivity contribution in [3.05, 3.63) is 92.8 Å². The average Bonchev–Trinajstić information content (AvgIpc) is 3.35. The number of thiophene rings is 1. The van der Waals surface area contributed by atoms with Crippen LogP contribution in [0.5, 0.6) is 0 Å². The second kappa shape index (κ2) is 12.8. The van der Waals surface area contributed by atoms with E-state index in [1.807, 2.05) is 18.2 Å². The van der Waals surface area contributed by atoms with Gasteiger partial charge in [-0.2, -0.15) is 0 Å². The third-order valence-corrected chi connectivity index (χ3v) is 6.06. The fraction of sp³-hybridized carbons (Fsp3) is 0.160. The molecule has 0 fully saturated rings. The zero-order valence-corrected chi connectivity index (χ0v) is 20.1. The molecule has 0 aliphatic rings.